The van der Waals surface area contributed by atoms with Gasteiger partial charge in [0.05, 0.1) is 12.5 Å². The van der Waals surface area contributed by atoms with Crippen LogP contribution >= 0.6 is 0 Å². The van der Waals surface area contributed by atoms with Crippen LogP contribution in [0.2, 0.25) is 0 Å². The molecule has 0 aromatic carbocycles. The summed E-state index contributed by atoms with van der Waals surface area (Å²) in [5, 5.41) is 0. The molecule has 2 heteroatoms. The Hall–Kier alpha value is -0.530. The Morgan fingerprint density at radius 2 is 1.36 bits per heavy atom. The Bertz CT molecular complexity index is 250. The molecule has 2 nitrogen and oxygen atoms in total. The fourth-order valence-corrected chi connectivity index (χ4v) is 2.92. The summed E-state index contributed by atoms with van der Waals surface area (Å²) in [6.07, 6.45) is 14.3. The van der Waals surface area contributed by atoms with Crippen molar-refractivity contribution >= 4 is 5.97 Å². The quantitative estimate of drug-likeness (QED) is 0.254. The van der Waals surface area contributed by atoms with Gasteiger partial charge in [0, 0.05) is 0 Å². The van der Waals surface area contributed by atoms with E-state index in [0.717, 1.165) is 25.7 Å². The number of hydrogen-bond donors (Lipinski definition) is 0. The standard InChI is InChI=1S/C20H40O2/c1-5-9-12-13-15-18(14-10-6-2)17-22-20(21)19(8-4)16-11-7-3/h18-19H,5-17H2,1-4H3. The molecule has 0 saturated heterocycles. The van der Waals surface area contributed by atoms with E-state index in [1.807, 2.05) is 0 Å². The topological polar surface area (TPSA) is 26.3 Å². The summed E-state index contributed by atoms with van der Waals surface area (Å²) < 4.78 is 5.67. The van der Waals surface area contributed by atoms with E-state index in [9.17, 15) is 4.79 Å². The summed E-state index contributed by atoms with van der Waals surface area (Å²) in [6.45, 7) is 9.40. The van der Waals surface area contributed by atoms with Crippen LogP contribution in [0.3, 0.4) is 0 Å². The normalized spacial score (nSPS) is 13.8. The van der Waals surface area contributed by atoms with Crippen LogP contribution in [0.25, 0.3) is 0 Å². The summed E-state index contributed by atoms with van der Waals surface area (Å²) >= 11 is 0. The number of carbonyl (C=O) groups excluding carboxylic acids is 1. The van der Waals surface area contributed by atoms with Gasteiger partial charge in [0.25, 0.3) is 0 Å². The molecule has 0 aliphatic rings. The van der Waals surface area contributed by atoms with Crippen LogP contribution in [0.4, 0.5) is 0 Å². The van der Waals surface area contributed by atoms with Crippen molar-refractivity contribution in [2.75, 3.05) is 6.61 Å². The molecule has 0 aliphatic carbocycles. The molecule has 0 saturated carbocycles. The highest BCUT2D eigenvalue weighted by Crippen LogP contribution is 2.20. The molecule has 0 fully saturated rings. The molecule has 0 aliphatic heterocycles. The summed E-state index contributed by atoms with van der Waals surface area (Å²) in [4.78, 5) is 12.2. The van der Waals surface area contributed by atoms with Crippen molar-refractivity contribution in [1.29, 1.82) is 0 Å². The van der Waals surface area contributed by atoms with Crippen LogP contribution in [0, 0.1) is 11.8 Å². The maximum atomic E-state index is 12.2. The van der Waals surface area contributed by atoms with Gasteiger partial charge in [-0.25, -0.2) is 0 Å². The van der Waals surface area contributed by atoms with Crippen LogP contribution in [0.1, 0.15) is 105 Å². The Morgan fingerprint density at radius 3 is 1.95 bits per heavy atom. The zero-order chi connectivity index (χ0) is 16.6. The monoisotopic (exact) mass is 312 g/mol. The highest BCUT2D eigenvalue weighted by molar-refractivity contribution is 5.72. The van der Waals surface area contributed by atoms with E-state index in [2.05, 4.69) is 27.7 Å². The van der Waals surface area contributed by atoms with Gasteiger partial charge in [-0.2, -0.15) is 0 Å². The molecule has 0 N–H and O–H groups in total. The van der Waals surface area contributed by atoms with E-state index in [-0.39, 0.29) is 11.9 Å². The molecular weight excluding hydrogens is 272 g/mol. The number of ether oxygens (including phenoxy) is 1. The first kappa shape index (κ1) is 21.5. The second-order valence-corrected chi connectivity index (χ2v) is 6.74. The van der Waals surface area contributed by atoms with Gasteiger partial charge in [-0.15, -0.1) is 0 Å². The Kier molecular flexibility index (Phi) is 15.0. The highest BCUT2D eigenvalue weighted by Gasteiger charge is 2.19. The van der Waals surface area contributed by atoms with Crippen LogP contribution in [0.5, 0.6) is 0 Å². The Morgan fingerprint density at radius 1 is 0.773 bits per heavy atom. The molecule has 132 valence electrons. The first-order chi connectivity index (χ1) is 10.7. The summed E-state index contributed by atoms with van der Waals surface area (Å²) in [5.41, 5.74) is 0. The third-order valence-electron chi connectivity index (χ3n) is 4.63. The largest absolute Gasteiger partial charge is 0.465 e. The van der Waals surface area contributed by atoms with Crippen molar-refractivity contribution in [2.45, 2.75) is 105 Å². The number of rotatable bonds is 15. The van der Waals surface area contributed by atoms with Gasteiger partial charge in [0.1, 0.15) is 0 Å². The predicted molar refractivity (Wildman–Crippen MR) is 96.0 cm³/mol. The molecule has 0 radical (unpaired) electrons. The molecule has 0 heterocycles. The predicted octanol–water partition coefficient (Wildman–Crippen LogP) is 6.52. The van der Waals surface area contributed by atoms with Crippen molar-refractivity contribution in [2.24, 2.45) is 11.8 Å². The number of carbonyl (C=O) groups is 1. The zero-order valence-electron chi connectivity index (χ0n) is 15.7. The van der Waals surface area contributed by atoms with E-state index in [0.29, 0.717) is 12.5 Å². The molecule has 2 atom stereocenters. The van der Waals surface area contributed by atoms with Crippen LogP contribution in [-0.4, -0.2) is 12.6 Å². The summed E-state index contributed by atoms with van der Waals surface area (Å²) in [7, 11) is 0. The molecule has 2 unspecified atom stereocenters. The van der Waals surface area contributed by atoms with E-state index in [4.69, 9.17) is 4.74 Å². The average molecular weight is 313 g/mol. The van der Waals surface area contributed by atoms with Crippen molar-refractivity contribution in [3.8, 4) is 0 Å². The van der Waals surface area contributed by atoms with E-state index >= 15 is 0 Å². The lowest BCUT2D eigenvalue weighted by molar-refractivity contribution is -0.150. The third kappa shape index (κ3) is 11.1. The second kappa shape index (κ2) is 15.4. The molecule has 0 bridgehead atoms. The summed E-state index contributed by atoms with van der Waals surface area (Å²) in [6, 6.07) is 0. The number of unbranched alkanes of at least 4 members (excludes halogenated alkanes) is 5. The molecule has 22 heavy (non-hydrogen) atoms. The lowest BCUT2D eigenvalue weighted by atomic mass is 9.95. The van der Waals surface area contributed by atoms with Crippen molar-refractivity contribution in [3.63, 3.8) is 0 Å². The van der Waals surface area contributed by atoms with Gasteiger partial charge < -0.3 is 4.74 Å². The zero-order valence-corrected chi connectivity index (χ0v) is 15.7. The lowest BCUT2D eigenvalue weighted by Crippen LogP contribution is -2.21. The average Bonchev–Trinajstić information content (AvgIpc) is 2.53. The maximum Gasteiger partial charge on any atom is 0.308 e. The van der Waals surface area contributed by atoms with Crippen LogP contribution < -0.4 is 0 Å². The van der Waals surface area contributed by atoms with Gasteiger partial charge in [-0.3, -0.25) is 4.79 Å². The van der Waals surface area contributed by atoms with Gasteiger partial charge in [0.15, 0.2) is 0 Å². The number of esters is 1. The van der Waals surface area contributed by atoms with E-state index < -0.39 is 0 Å². The molecule has 0 amide bonds. The molecule has 0 rings (SSSR count). The molecule has 0 spiro atoms. The van der Waals surface area contributed by atoms with Crippen molar-refractivity contribution in [3.05, 3.63) is 0 Å². The fourth-order valence-electron chi connectivity index (χ4n) is 2.92. The minimum Gasteiger partial charge on any atom is -0.465 e. The van der Waals surface area contributed by atoms with Gasteiger partial charge >= 0.3 is 5.97 Å². The first-order valence-corrected chi connectivity index (χ1v) is 9.86. The Balaban J connectivity index is 4.13. The van der Waals surface area contributed by atoms with E-state index in [1.165, 1.54) is 51.4 Å². The maximum absolute atomic E-state index is 12.2. The molecular formula is C20H40O2. The summed E-state index contributed by atoms with van der Waals surface area (Å²) in [5.74, 6) is 0.738. The highest BCUT2D eigenvalue weighted by atomic mass is 16.5. The molecule has 0 aromatic heterocycles. The lowest BCUT2D eigenvalue weighted by Gasteiger charge is -2.19. The Labute approximate surface area is 139 Å². The van der Waals surface area contributed by atoms with Crippen molar-refractivity contribution in [1.82, 2.24) is 0 Å². The minimum absolute atomic E-state index is 0.0472. The fraction of sp³-hybridized carbons (Fsp3) is 0.950. The third-order valence-corrected chi connectivity index (χ3v) is 4.63. The minimum atomic E-state index is 0.0472. The first-order valence-electron chi connectivity index (χ1n) is 9.86. The van der Waals surface area contributed by atoms with Gasteiger partial charge in [0.2, 0.25) is 0 Å². The van der Waals surface area contributed by atoms with Gasteiger partial charge in [-0.05, 0) is 31.6 Å². The SMILES string of the molecule is CCCCCCC(CCCC)COC(=O)C(CC)CCCC. The van der Waals surface area contributed by atoms with E-state index in [1.54, 1.807) is 0 Å². The van der Waals surface area contributed by atoms with Crippen LogP contribution in [-0.2, 0) is 9.53 Å². The van der Waals surface area contributed by atoms with Gasteiger partial charge in [-0.1, -0.05) is 79.1 Å². The molecule has 0 aromatic rings. The number of hydrogen-bond acceptors (Lipinski definition) is 2. The second-order valence-electron chi connectivity index (χ2n) is 6.74. The van der Waals surface area contributed by atoms with Crippen LogP contribution in [0.15, 0.2) is 0 Å². The van der Waals surface area contributed by atoms with Crippen molar-refractivity contribution < 1.29 is 9.53 Å². The smallest absolute Gasteiger partial charge is 0.308 e.